The monoisotopic (exact) mass is 492 g/mol. The molecule has 0 spiro atoms. The van der Waals surface area contributed by atoms with Gasteiger partial charge in [-0.1, -0.05) is 6.42 Å². The Bertz CT molecular complexity index is 582. The van der Waals surface area contributed by atoms with Gasteiger partial charge in [-0.25, -0.2) is 0 Å². The Morgan fingerprint density at radius 2 is 2.12 bits per heavy atom. The quantitative estimate of drug-likeness (QED) is 0.363. The Balaban J connectivity index is 0.00000243. The third-order valence-corrected chi connectivity index (χ3v) is 6.57. The number of nitrogens with zero attached hydrogens (tertiary/aromatic N) is 4. The summed E-state index contributed by atoms with van der Waals surface area (Å²) in [5, 5.41) is 15.6. The van der Waals surface area contributed by atoms with E-state index in [-0.39, 0.29) is 24.0 Å². The van der Waals surface area contributed by atoms with Crippen LogP contribution >= 0.6 is 35.7 Å². The first-order chi connectivity index (χ1) is 12.2. The zero-order valence-corrected chi connectivity index (χ0v) is 19.2. The summed E-state index contributed by atoms with van der Waals surface area (Å²) in [7, 11) is 0. The number of aromatic nitrogens is 3. The van der Waals surface area contributed by atoms with Crippen LogP contribution in [0.2, 0.25) is 0 Å². The molecule has 1 aromatic rings. The van der Waals surface area contributed by atoms with E-state index < -0.39 is 0 Å². The highest BCUT2D eigenvalue weighted by Crippen LogP contribution is 2.37. The zero-order chi connectivity index (χ0) is 17.5. The van der Waals surface area contributed by atoms with Crippen molar-refractivity contribution in [3.05, 3.63) is 11.6 Å². The molecule has 8 heteroatoms. The molecule has 6 nitrogen and oxygen atoms in total. The molecule has 3 rings (SSSR count). The highest BCUT2D eigenvalue weighted by Gasteiger charge is 2.29. The second-order valence-electron chi connectivity index (χ2n) is 7.27. The molecule has 0 amide bonds. The third kappa shape index (κ3) is 6.00. The first kappa shape index (κ1) is 21.8. The molecule has 1 saturated heterocycles. The molecule has 2 N–H and O–H groups in total. The highest BCUT2D eigenvalue weighted by molar-refractivity contribution is 14.0. The number of fused-ring (bicyclic) bond motifs is 1. The molecule has 26 heavy (non-hydrogen) atoms. The highest BCUT2D eigenvalue weighted by atomic mass is 127. The molecule has 148 valence electrons. The second-order valence-corrected chi connectivity index (χ2v) is 8.95. The van der Waals surface area contributed by atoms with Crippen molar-refractivity contribution in [3.8, 4) is 0 Å². The van der Waals surface area contributed by atoms with Gasteiger partial charge in [0.25, 0.3) is 0 Å². The minimum atomic E-state index is 0. The van der Waals surface area contributed by atoms with E-state index in [1.165, 1.54) is 43.7 Å². The van der Waals surface area contributed by atoms with Crippen molar-refractivity contribution in [3.63, 3.8) is 0 Å². The summed E-state index contributed by atoms with van der Waals surface area (Å²) in [6.07, 6.45) is 8.33. The Kier molecular flexibility index (Phi) is 8.99. The maximum atomic E-state index is 4.82. The van der Waals surface area contributed by atoms with Crippen molar-refractivity contribution >= 4 is 41.7 Å². The smallest absolute Gasteiger partial charge is 0.191 e. The van der Waals surface area contributed by atoms with Gasteiger partial charge >= 0.3 is 0 Å². The number of hydrogen-bond acceptors (Lipinski definition) is 4. The minimum Gasteiger partial charge on any atom is -0.357 e. The number of aryl methyl sites for hydroxylation is 1. The van der Waals surface area contributed by atoms with E-state index in [0.29, 0.717) is 4.75 Å². The largest absolute Gasteiger partial charge is 0.357 e. The maximum Gasteiger partial charge on any atom is 0.191 e. The minimum absolute atomic E-state index is 0. The molecule has 2 aliphatic rings. The summed E-state index contributed by atoms with van der Waals surface area (Å²) in [5.74, 6) is 4.47. The molecule has 1 unspecified atom stereocenters. The van der Waals surface area contributed by atoms with E-state index in [4.69, 9.17) is 4.99 Å². The van der Waals surface area contributed by atoms with E-state index in [0.717, 1.165) is 50.8 Å². The molecule has 3 heterocycles. The van der Waals surface area contributed by atoms with Gasteiger partial charge in [-0.05, 0) is 45.3 Å². The molecule has 2 aliphatic heterocycles. The fraction of sp³-hybridized carbons (Fsp3) is 0.833. The molecule has 1 aromatic heterocycles. The summed E-state index contributed by atoms with van der Waals surface area (Å²) >= 11 is 2.06. The van der Waals surface area contributed by atoms with E-state index in [9.17, 15) is 0 Å². The fourth-order valence-corrected chi connectivity index (χ4v) is 4.80. The Morgan fingerprint density at radius 1 is 1.23 bits per heavy atom. The van der Waals surface area contributed by atoms with Gasteiger partial charge in [0.2, 0.25) is 0 Å². The second kappa shape index (κ2) is 10.7. The lowest BCUT2D eigenvalue weighted by atomic mass is 10.1. The number of halogens is 1. The van der Waals surface area contributed by atoms with E-state index in [2.05, 4.69) is 51.0 Å². The van der Waals surface area contributed by atoms with Crippen LogP contribution in [0.4, 0.5) is 0 Å². The van der Waals surface area contributed by atoms with Crippen LogP contribution in [0.3, 0.4) is 0 Å². The SMILES string of the molecule is CCNC(=NCC1(C)CCCS1)NCCc1nnc2n1CCCCC2.I. The van der Waals surface area contributed by atoms with Gasteiger partial charge in [0.15, 0.2) is 5.96 Å². The Morgan fingerprint density at radius 3 is 2.88 bits per heavy atom. The van der Waals surface area contributed by atoms with Crippen LogP contribution in [0.25, 0.3) is 0 Å². The normalized spacial score (nSPS) is 23.1. The first-order valence-electron chi connectivity index (χ1n) is 9.77. The Hall–Kier alpha value is -0.510. The van der Waals surface area contributed by atoms with Gasteiger partial charge in [0.05, 0.1) is 6.54 Å². The van der Waals surface area contributed by atoms with Gasteiger partial charge in [-0.3, -0.25) is 4.99 Å². The van der Waals surface area contributed by atoms with Crippen LogP contribution in [-0.2, 0) is 19.4 Å². The zero-order valence-electron chi connectivity index (χ0n) is 16.1. The van der Waals surface area contributed by atoms with Crippen LogP contribution in [0, 0.1) is 0 Å². The van der Waals surface area contributed by atoms with E-state index >= 15 is 0 Å². The maximum absolute atomic E-state index is 4.82. The number of thioether (sulfide) groups is 1. The molecule has 0 aromatic carbocycles. The molecule has 1 atom stereocenters. The lowest BCUT2D eigenvalue weighted by molar-refractivity contribution is 0.598. The number of hydrogen-bond donors (Lipinski definition) is 2. The standard InChI is InChI=1S/C18H32N6S.HI/c1-3-19-17(21-14-18(2)10-7-13-25-18)20-11-9-16-23-22-15-8-5-4-6-12-24(15)16;/h3-14H2,1-2H3,(H2,19,20,21);1H. The summed E-state index contributed by atoms with van der Waals surface area (Å²) in [6.45, 7) is 8.13. The topological polar surface area (TPSA) is 67.1 Å². The number of nitrogens with one attached hydrogen (secondary N) is 2. The van der Waals surface area contributed by atoms with Crippen molar-refractivity contribution < 1.29 is 0 Å². The van der Waals surface area contributed by atoms with Crippen molar-refractivity contribution in [1.82, 2.24) is 25.4 Å². The van der Waals surface area contributed by atoms with Gasteiger partial charge < -0.3 is 15.2 Å². The number of aliphatic imine (C=N–C) groups is 1. The van der Waals surface area contributed by atoms with Crippen molar-refractivity contribution in [2.45, 2.75) is 70.1 Å². The van der Waals surface area contributed by atoms with Gasteiger partial charge in [0.1, 0.15) is 11.6 Å². The molecular weight excluding hydrogens is 459 g/mol. The van der Waals surface area contributed by atoms with Gasteiger partial charge in [-0.15, -0.1) is 34.2 Å². The molecule has 0 aliphatic carbocycles. The van der Waals surface area contributed by atoms with E-state index in [1.807, 2.05) is 0 Å². The Labute approximate surface area is 178 Å². The molecule has 0 bridgehead atoms. The lowest BCUT2D eigenvalue weighted by Crippen LogP contribution is -2.39. The summed E-state index contributed by atoms with van der Waals surface area (Å²) < 4.78 is 2.64. The fourth-order valence-electron chi connectivity index (χ4n) is 3.57. The van der Waals surface area contributed by atoms with Gasteiger partial charge in [0, 0.05) is 37.2 Å². The molecule has 1 fully saturated rings. The summed E-state index contributed by atoms with van der Waals surface area (Å²) in [5.41, 5.74) is 0. The summed E-state index contributed by atoms with van der Waals surface area (Å²) in [4.78, 5) is 4.82. The van der Waals surface area contributed by atoms with Crippen LogP contribution in [0.15, 0.2) is 4.99 Å². The van der Waals surface area contributed by atoms with Crippen molar-refractivity contribution in [1.29, 1.82) is 0 Å². The van der Waals surface area contributed by atoms with Crippen LogP contribution in [0.1, 0.15) is 57.6 Å². The third-order valence-electron chi connectivity index (χ3n) is 5.04. The van der Waals surface area contributed by atoms with Gasteiger partial charge in [-0.2, -0.15) is 11.8 Å². The van der Waals surface area contributed by atoms with Crippen molar-refractivity contribution in [2.24, 2.45) is 4.99 Å². The number of rotatable bonds is 6. The average molecular weight is 492 g/mol. The lowest BCUT2D eigenvalue weighted by Gasteiger charge is -2.21. The predicted octanol–water partition coefficient (Wildman–Crippen LogP) is 3.01. The molecular formula is C18H33IN6S. The molecule has 0 radical (unpaired) electrons. The van der Waals surface area contributed by atoms with Crippen LogP contribution < -0.4 is 10.6 Å². The van der Waals surface area contributed by atoms with Crippen LogP contribution in [0.5, 0.6) is 0 Å². The van der Waals surface area contributed by atoms with E-state index in [1.54, 1.807) is 0 Å². The van der Waals surface area contributed by atoms with Crippen molar-refractivity contribution in [2.75, 3.05) is 25.4 Å². The predicted molar refractivity (Wildman–Crippen MR) is 121 cm³/mol. The summed E-state index contributed by atoms with van der Waals surface area (Å²) in [6, 6.07) is 0. The average Bonchev–Trinajstić information content (AvgIpc) is 3.12. The first-order valence-corrected chi connectivity index (χ1v) is 10.8. The van der Waals surface area contributed by atoms with Crippen LogP contribution in [-0.4, -0.2) is 50.9 Å². The number of guanidine groups is 1. The molecule has 0 saturated carbocycles.